The largest absolute Gasteiger partial charge is 0.480 e. The number of carbonyl (C=O) groups excluding carboxylic acids is 1. The van der Waals surface area contributed by atoms with Crippen molar-refractivity contribution < 1.29 is 23.0 Å². The van der Waals surface area contributed by atoms with E-state index in [0.29, 0.717) is 0 Å². The summed E-state index contributed by atoms with van der Waals surface area (Å²) in [5, 5.41) is 0. The van der Waals surface area contributed by atoms with Gasteiger partial charge in [-0.05, 0) is 22.0 Å². The minimum absolute atomic E-state index is 0.0512. The summed E-state index contributed by atoms with van der Waals surface area (Å²) in [4.78, 5) is 14.8. The van der Waals surface area contributed by atoms with Gasteiger partial charge in [0.15, 0.2) is 0 Å². The lowest BCUT2D eigenvalue weighted by Gasteiger charge is -2.09. The van der Waals surface area contributed by atoms with E-state index in [4.69, 9.17) is 4.74 Å². The van der Waals surface area contributed by atoms with Crippen molar-refractivity contribution in [1.29, 1.82) is 0 Å². The Balaban J connectivity index is 3.35. The summed E-state index contributed by atoms with van der Waals surface area (Å²) in [5.74, 6) is -0.826. The Bertz CT molecular complexity index is 412. The number of hydrogen-bond acceptors (Lipinski definition) is 4. The third-order valence-corrected chi connectivity index (χ3v) is 2.54. The van der Waals surface area contributed by atoms with Gasteiger partial charge in [-0.25, -0.2) is 18.6 Å². The average molecular weight is 296 g/mol. The van der Waals surface area contributed by atoms with Crippen LogP contribution in [0, 0.1) is 0 Å². The third kappa shape index (κ3) is 2.46. The standard InChI is InChI=1S/C9H8BrF2NO3/c1-15-8-6(10)4(9(14)16-2)3-5(13-8)7(11)12/h3,7H,1-2H3. The third-order valence-electron chi connectivity index (χ3n) is 1.77. The van der Waals surface area contributed by atoms with Gasteiger partial charge in [-0.1, -0.05) is 0 Å². The molecule has 0 N–H and O–H groups in total. The Morgan fingerprint density at radius 1 is 1.50 bits per heavy atom. The number of methoxy groups -OCH3 is 2. The lowest BCUT2D eigenvalue weighted by Crippen LogP contribution is -2.07. The number of aromatic nitrogens is 1. The van der Waals surface area contributed by atoms with E-state index < -0.39 is 18.1 Å². The van der Waals surface area contributed by atoms with Crippen LogP contribution in [0.2, 0.25) is 0 Å². The molecule has 0 aromatic carbocycles. The van der Waals surface area contributed by atoms with Crippen LogP contribution in [0.3, 0.4) is 0 Å². The molecule has 0 bridgehead atoms. The number of halogens is 3. The van der Waals surface area contributed by atoms with E-state index >= 15 is 0 Å². The molecule has 88 valence electrons. The van der Waals surface area contributed by atoms with Gasteiger partial charge < -0.3 is 9.47 Å². The summed E-state index contributed by atoms with van der Waals surface area (Å²) in [6.45, 7) is 0. The van der Waals surface area contributed by atoms with E-state index in [2.05, 4.69) is 25.7 Å². The summed E-state index contributed by atoms with van der Waals surface area (Å²) < 4.78 is 34.4. The van der Waals surface area contributed by atoms with E-state index in [1.807, 2.05) is 0 Å². The second-order valence-electron chi connectivity index (χ2n) is 2.71. The Labute approximate surface area is 98.7 Å². The number of esters is 1. The first-order valence-electron chi connectivity index (χ1n) is 4.12. The second-order valence-corrected chi connectivity index (χ2v) is 3.50. The van der Waals surface area contributed by atoms with Crippen LogP contribution in [-0.4, -0.2) is 25.2 Å². The topological polar surface area (TPSA) is 48.4 Å². The lowest BCUT2D eigenvalue weighted by molar-refractivity contribution is 0.0598. The predicted molar refractivity (Wildman–Crippen MR) is 54.8 cm³/mol. The summed E-state index contributed by atoms with van der Waals surface area (Å²) in [6.07, 6.45) is -2.79. The van der Waals surface area contributed by atoms with Crippen molar-refractivity contribution in [2.75, 3.05) is 14.2 Å². The van der Waals surface area contributed by atoms with Gasteiger partial charge in [0, 0.05) is 0 Å². The van der Waals surface area contributed by atoms with Gasteiger partial charge in [-0.2, -0.15) is 0 Å². The fourth-order valence-corrected chi connectivity index (χ4v) is 1.56. The van der Waals surface area contributed by atoms with E-state index in [-0.39, 0.29) is 15.9 Å². The fraction of sp³-hybridized carbons (Fsp3) is 0.333. The number of alkyl halides is 2. The molecule has 0 fully saturated rings. The highest BCUT2D eigenvalue weighted by molar-refractivity contribution is 9.10. The maximum Gasteiger partial charge on any atom is 0.339 e. The maximum absolute atomic E-state index is 12.5. The molecule has 0 aliphatic rings. The van der Waals surface area contributed by atoms with Gasteiger partial charge in [0.2, 0.25) is 5.88 Å². The van der Waals surface area contributed by atoms with Crippen molar-refractivity contribution in [2.24, 2.45) is 0 Å². The van der Waals surface area contributed by atoms with Gasteiger partial charge in [-0.3, -0.25) is 0 Å². The molecule has 0 saturated heterocycles. The zero-order chi connectivity index (χ0) is 12.3. The number of rotatable bonds is 3. The van der Waals surface area contributed by atoms with E-state index in [9.17, 15) is 13.6 Å². The Morgan fingerprint density at radius 2 is 2.12 bits per heavy atom. The molecule has 0 aliphatic heterocycles. The highest BCUT2D eigenvalue weighted by Crippen LogP contribution is 2.31. The number of hydrogen-bond donors (Lipinski definition) is 0. The predicted octanol–water partition coefficient (Wildman–Crippen LogP) is 2.58. The van der Waals surface area contributed by atoms with Gasteiger partial charge in [0.1, 0.15) is 5.69 Å². The molecule has 0 spiro atoms. The molecule has 1 rings (SSSR count). The highest BCUT2D eigenvalue weighted by Gasteiger charge is 2.21. The maximum atomic E-state index is 12.5. The van der Waals surface area contributed by atoms with Gasteiger partial charge in [-0.15, -0.1) is 0 Å². The molecule has 0 atom stereocenters. The monoisotopic (exact) mass is 295 g/mol. The molecule has 1 aromatic heterocycles. The number of nitrogens with zero attached hydrogens (tertiary/aromatic N) is 1. The zero-order valence-corrected chi connectivity index (χ0v) is 10.0. The quantitative estimate of drug-likeness (QED) is 0.804. The van der Waals surface area contributed by atoms with Crippen LogP contribution in [0.5, 0.6) is 5.88 Å². The molecule has 0 amide bonds. The first-order valence-corrected chi connectivity index (χ1v) is 4.91. The Kier molecular flexibility index (Phi) is 4.17. The van der Waals surface area contributed by atoms with Crippen LogP contribution in [0.15, 0.2) is 10.5 Å². The van der Waals surface area contributed by atoms with E-state index in [0.717, 1.165) is 13.2 Å². The highest BCUT2D eigenvalue weighted by atomic mass is 79.9. The normalized spacial score (nSPS) is 10.4. The Hall–Kier alpha value is -1.24. The first-order chi connectivity index (χ1) is 7.51. The van der Waals surface area contributed by atoms with Crippen LogP contribution in [-0.2, 0) is 4.74 Å². The summed E-state index contributed by atoms with van der Waals surface area (Å²) >= 11 is 3.03. The van der Waals surface area contributed by atoms with Crippen LogP contribution in [0.4, 0.5) is 8.78 Å². The van der Waals surface area contributed by atoms with Crippen molar-refractivity contribution in [2.45, 2.75) is 6.43 Å². The summed E-state index contributed by atoms with van der Waals surface area (Å²) in [7, 11) is 2.42. The Morgan fingerprint density at radius 3 is 2.56 bits per heavy atom. The molecular weight excluding hydrogens is 288 g/mol. The van der Waals surface area contributed by atoms with Crippen LogP contribution in [0.1, 0.15) is 22.5 Å². The number of pyridine rings is 1. The smallest absolute Gasteiger partial charge is 0.339 e. The molecule has 16 heavy (non-hydrogen) atoms. The summed E-state index contributed by atoms with van der Waals surface area (Å²) in [5.41, 5.74) is -0.592. The van der Waals surface area contributed by atoms with Gasteiger partial charge in [0.05, 0.1) is 24.3 Å². The molecule has 0 aliphatic carbocycles. The minimum Gasteiger partial charge on any atom is -0.480 e. The first kappa shape index (κ1) is 12.8. The number of ether oxygens (including phenoxy) is 2. The molecule has 0 radical (unpaired) electrons. The summed E-state index contributed by atoms with van der Waals surface area (Å²) in [6, 6.07) is 0.961. The zero-order valence-electron chi connectivity index (χ0n) is 8.46. The SMILES string of the molecule is COC(=O)c1cc(C(F)F)nc(OC)c1Br. The van der Waals surface area contributed by atoms with E-state index in [1.165, 1.54) is 7.11 Å². The molecule has 1 heterocycles. The lowest BCUT2D eigenvalue weighted by atomic mass is 10.2. The molecule has 0 unspecified atom stereocenters. The average Bonchev–Trinajstić information content (AvgIpc) is 2.28. The van der Waals surface area contributed by atoms with Crippen molar-refractivity contribution >= 4 is 21.9 Å². The number of carbonyl (C=O) groups is 1. The van der Waals surface area contributed by atoms with E-state index in [1.54, 1.807) is 0 Å². The van der Waals surface area contributed by atoms with Crippen LogP contribution >= 0.6 is 15.9 Å². The van der Waals surface area contributed by atoms with Crippen LogP contribution in [0.25, 0.3) is 0 Å². The van der Waals surface area contributed by atoms with Crippen molar-refractivity contribution in [3.63, 3.8) is 0 Å². The van der Waals surface area contributed by atoms with Crippen molar-refractivity contribution in [1.82, 2.24) is 4.98 Å². The second kappa shape index (κ2) is 5.20. The molecular formula is C9H8BrF2NO3. The minimum atomic E-state index is -2.79. The van der Waals surface area contributed by atoms with Crippen molar-refractivity contribution in [3.05, 3.63) is 21.8 Å². The van der Waals surface area contributed by atoms with Gasteiger partial charge >= 0.3 is 5.97 Å². The molecule has 1 aromatic rings. The van der Waals surface area contributed by atoms with Crippen molar-refractivity contribution in [3.8, 4) is 5.88 Å². The molecule has 0 saturated carbocycles. The van der Waals surface area contributed by atoms with Gasteiger partial charge in [0.25, 0.3) is 6.43 Å². The van der Waals surface area contributed by atoms with Crippen LogP contribution < -0.4 is 4.74 Å². The molecule has 4 nitrogen and oxygen atoms in total. The fourth-order valence-electron chi connectivity index (χ4n) is 1.03. The molecule has 7 heteroatoms.